The predicted molar refractivity (Wildman–Crippen MR) is 69.3 cm³/mol. The zero-order valence-corrected chi connectivity index (χ0v) is 10.6. The van der Waals surface area contributed by atoms with Gasteiger partial charge in [-0.3, -0.25) is 10.1 Å². The Morgan fingerprint density at radius 2 is 2.00 bits per heavy atom. The van der Waals surface area contributed by atoms with Gasteiger partial charge in [0.25, 0.3) is 5.69 Å². The van der Waals surface area contributed by atoms with E-state index in [-0.39, 0.29) is 11.4 Å². The van der Waals surface area contributed by atoms with Gasteiger partial charge in [-0.15, -0.1) is 0 Å². The van der Waals surface area contributed by atoms with Crippen molar-refractivity contribution in [1.82, 2.24) is 0 Å². The molecule has 6 heteroatoms. The maximum atomic E-state index is 13.2. The number of ether oxygens (including phenoxy) is 1. The molecule has 2 rings (SSSR count). The lowest BCUT2D eigenvalue weighted by atomic mass is 10.2. The van der Waals surface area contributed by atoms with Crippen LogP contribution < -0.4 is 4.74 Å². The number of nitrogens with zero attached hydrogens (tertiary/aromatic N) is 1. The van der Waals surface area contributed by atoms with Gasteiger partial charge in [-0.2, -0.15) is 0 Å². The van der Waals surface area contributed by atoms with Gasteiger partial charge in [0.05, 0.1) is 22.1 Å². The second-order valence-corrected chi connectivity index (χ2v) is 4.35. The Balaban J connectivity index is 2.35. The quantitative estimate of drug-likeness (QED) is 0.615. The summed E-state index contributed by atoms with van der Waals surface area (Å²) in [7, 11) is 0. The zero-order chi connectivity index (χ0) is 14.0. The number of aryl methyl sites for hydroxylation is 1. The van der Waals surface area contributed by atoms with Crippen molar-refractivity contribution in [3.63, 3.8) is 0 Å². The number of nitro benzene ring substituents is 1. The van der Waals surface area contributed by atoms with E-state index in [0.717, 1.165) is 23.8 Å². The molecular weight excluding hydrogens is 273 g/mol. The molecule has 0 fully saturated rings. The highest BCUT2D eigenvalue weighted by molar-refractivity contribution is 6.32. The molecule has 0 heterocycles. The maximum absolute atomic E-state index is 13.2. The number of halogens is 2. The van der Waals surface area contributed by atoms with E-state index >= 15 is 0 Å². The van der Waals surface area contributed by atoms with Crippen LogP contribution in [-0.4, -0.2) is 4.92 Å². The van der Waals surface area contributed by atoms with Crippen LogP contribution in [0.25, 0.3) is 0 Å². The number of rotatable bonds is 3. The van der Waals surface area contributed by atoms with Crippen molar-refractivity contribution >= 4 is 17.3 Å². The van der Waals surface area contributed by atoms with Gasteiger partial charge in [-0.05, 0) is 24.6 Å². The minimum Gasteiger partial charge on any atom is -0.455 e. The number of nitro groups is 1. The molecule has 98 valence electrons. The molecule has 19 heavy (non-hydrogen) atoms. The summed E-state index contributed by atoms with van der Waals surface area (Å²) in [6.45, 7) is 1.86. The summed E-state index contributed by atoms with van der Waals surface area (Å²) in [5.74, 6) is -0.406. The van der Waals surface area contributed by atoms with Crippen LogP contribution in [0.15, 0.2) is 36.4 Å². The Bertz CT molecular complexity index is 646. The molecule has 0 spiro atoms. The van der Waals surface area contributed by atoms with Crippen molar-refractivity contribution in [3.05, 3.63) is 62.9 Å². The van der Waals surface area contributed by atoms with Crippen molar-refractivity contribution < 1.29 is 14.1 Å². The molecule has 0 N–H and O–H groups in total. The Kier molecular flexibility index (Phi) is 3.66. The normalized spacial score (nSPS) is 10.3. The van der Waals surface area contributed by atoms with E-state index in [1.54, 1.807) is 18.2 Å². The molecule has 0 aliphatic carbocycles. The molecule has 0 aromatic heterocycles. The second kappa shape index (κ2) is 5.24. The summed E-state index contributed by atoms with van der Waals surface area (Å²) in [6.07, 6.45) is 0. The minimum atomic E-state index is -0.743. The third-order valence-electron chi connectivity index (χ3n) is 2.38. The van der Waals surface area contributed by atoms with Gasteiger partial charge in [0.2, 0.25) is 0 Å². The molecule has 0 radical (unpaired) electrons. The van der Waals surface area contributed by atoms with E-state index in [0.29, 0.717) is 10.8 Å². The number of benzene rings is 2. The summed E-state index contributed by atoms with van der Waals surface area (Å²) in [5, 5.41) is 11.0. The molecule has 2 aromatic carbocycles. The summed E-state index contributed by atoms with van der Waals surface area (Å²) in [4.78, 5) is 9.94. The SMILES string of the molecule is Cc1ccc(Oc2cc(F)cc([N+](=O)[O-])c2)c(Cl)c1. The smallest absolute Gasteiger partial charge is 0.276 e. The maximum Gasteiger partial charge on any atom is 0.276 e. The Morgan fingerprint density at radius 3 is 2.63 bits per heavy atom. The fraction of sp³-hybridized carbons (Fsp3) is 0.0769. The largest absolute Gasteiger partial charge is 0.455 e. The number of hydrogen-bond acceptors (Lipinski definition) is 3. The van der Waals surface area contributed by atoms with Crippen molar-refractivity contribution in [2.75, 3.05) is 0 Å². The van der Waals surface area contributed by atoms with Crippen LogP contribution in [0, 0.1) is 22.9 Å². The van der Waals surface area contributed by atoms with Gasteiger partial charge in [0.15, 0.2) is 0 Å². The third-order valence-corrected chi connectivity index (χ3v) is 2.68. The molecule has 0 bridgehead atoms. The minimum absolute atomic E-state index is 0.0254. The molecule has 0 amide bonds. The van der Waals surface area contributed by atoms with Gasteiger partial charge in [-0.1, -0.05) is 17.7 Å². The van der Waals surface area contributed by atoms with Gasteiger partial charge >= 0.3 is 0 Å². The van der Waals surface area contributed by atoms with Crippen molar-refractivity contribution in [1.29, 1.82) is 0 Å². The van der Waals surface area contributed by atoms with E-state index in [4.69, 9.17) is 16.3 Å². The van der Waals surface area contributed by atoms with Crippen LogP contribution in [0.4, 0.5) is 10.1 Å². The molecule has 0 atom stereocenters. The average Bonchev–Trinajstić information content (AvgIpc) is 2.32. The number of hydrogen-bond donors (Lipinski definition) is 0. The van der Waals surface area contributed by atoms with Crippen LogP contribution in [0.5, 0.6) is 11.5 Å². The third kappa shape index (κ3) is 3.20. The lowest BCUT2D eigenvalue weighted by Crippen LogP contribution is -1.92. The van der Waals surface area contributed by atoms with Crippen LogP contribution >= 0.6 is 11.6 Å². The summed E-state index contributed by atoms with van der Waals surface area (Å²) in [6, 6.07) is 8.10. The van der Waals surface area contributed by atoms with E-state index in [1.807, 2.05) is 6.92 Å². The fourth-order valence-corrected chi connectivity index (χ4v) is 1.80. The van der Waals surface area contributed by atoms with Crippen LogP contribution in [0.1, 0.15) is 5.56 Å². The summed E-state index contributed by atoms with van der Waals surface area (Å²) >= 11 is 5.97. The molecule has 0 aliphatic heterocycles. The van der Waals surface area contributed by atoms with E-state index in [1.165, 1.54) is 0 Å². The van der Waals surface area contributed by atoms with Crippen LogP contribution in [0.3, 0.4) is 0 Å². The summed E-state index contributed by atoms with van der Waals surface area (Å²) in [5.41, 5.74) is 0.570. The highest BCUT2D eigenvalue weighted by Gasteiger charge is 2.12. The molecule has 0 unspecified atom stereocenters. The molecule has 2 aromatic rings. The van der Waals surface area contributed by atoms with Gasteiger partial charge < -0.3 is 4.74 Å². The molecule has 0 saturated heterocycles. The highest BCUT2D eigenvalue weighted by Crippen LogP contribution is 2.32. The van der Waals surface area contributed by atoms with E-state index in [2.05, 4.69) is 0 Å². The fourth-order valence-electron chi connectivity index (χ4n) is 1.53. The van der Waals surface area contributed by atoms with Crippen LogP contribution in [-0.2, 0) is 0 Å². The Labute approximate surface area is 113 Å². The van der Waals surface area contributed by atoms with Crippen molar-refractivity contribution in [2.45, 2.75) is 6.92 Å². The lowest BCUT2D eigenvalue weighted by molar-refractivity contribution is -0.385. The van der Waals surface area contributed by atoms with Crippen molar-refractivity contribution in [2.24, 2.45) is 0 Å². The summed E-state index contributed by atoms with van der Waals surface area (Å²) < 4.78 is 18.6. The second-order valence-electron chi connectivity index (χ2n) is 3.94. The zero-order valence-electron chi connectivity index (χ0n) is 9.89. The van der Waals surface area contributed by atoms with E-state index < -0.39 is 10.7 Å². The van der Waals surface area contributed by atoms with Crippen molar-refractivity contribution in [3.8, 4) is 11.5 Å². The first-order valence-electron chi connectivity index (χ1n) is 5.35. The van der Waals surface area contributed by atoms with Gasteiger partial charge in [-0.25, -0.2) is 4.39 Å². The lowest BCUT2D eigenvalue weighted by Gasteiger charge is -2.08. The average molecular weight is 282 g/mol. The molecule has 0 aliphatic rings. The first kappa shape index (κ1) is 13.3. The first-order valence-corrected chi connectivity index (χ1v) is 5.72. The highest BCUT2D eigenvalue weighted by atomic mass is 35.5. The molecule has 4 nitrogen and oxygen atoms in total. The Hall–Kier alpha value is -2.14. The Morgan fingerprint density at radius 1 is 1.26 bits per heavy atom. The van der Waals surface area contributed by atoms with Crippen LogP contribution in [0.2, 0.25) is 5.02 Å². The topological polar surface area (TPSA) is 52.4 Å². The first-order chi connectivity index (χ1) is 8.95. The molecule has 0 saturated carbocycles. The van der Waals surface area contributed by atoms with Gasteiger partial charge in [0.1, 0.15) is 17.3 Å². The van der Waals surface area contributed by atoms with Gasteiger partial charge in [0, 0.05) is 6.07 Å². The monoisotopic (exact) mass is 281 g/mol. The van der Waals surface area contributed by atoms with E-state index in [9.17, 15) is 14.5 Å². The standard InChI is InChI=1S/C13H9ClFNO3/c1-8-2-3-13(12(14)4-8)19-11-6-9(15)5-10(7-11)16(17)18/h2-7H,1H3. The molecular formula is C13H9ClFNO3. The predicted octanol–water partition coefficient (Wildman–Crippen LogP) is 4.49. The number of non-ortho nitro benzene ring substituents is 1.